The van der Waals surface area contributed by atoms with E-state index < -0.39 is 0 Å². The minimum Gasteiger partial charge on any atom is -1.00 e. The van der Waals surface area contributed by atoms with Gasteiger partial charge in [0.25, 0.3) is 0 Å². The Hall–Kier alpha value is -0.150. The zero-order valence-electron chi connectivity index (χ0n) is 21.6. The van der Waals surface area contributed by atoms with Crippen molar-refractivity contribution in [3.05, 3.63) is 0 Å². The van der Waals surface area contributed by atoms with Crippen LogP contribution in [-0.2, 0) is 4.74 Å². The molecule has 0 aromatic heterocycles. The van der Waals surface area contributed by atoms with Gasteiger partial charge in [0.15, 0.2) is 0 Å². The minimum atomic E-state index is 0. The van der Waals surface area contributed by atoms with Crippen molar-refractivity contribution in [1.82, 2.24) is 0 Å². The third-order valence-corrected chi connectivity index (χ3v) is 7.39. The van der Waals surface area contributed by atoms with Crippen molar-refractivity contribution in [2.24, 2.45) is 0 Å². The van der Waals surface area contributed by atoms with Gasteiger partial charge in [0.05, 0.1) is 26.3 Å². The quantitative estimate of drug-likeness (QED) is 0.154. The molecule has 0 atom stereocenters. The zero-order valence-corrected chi connectivity index (χ0v) is 21.6. The van der Waals surface area contributed by atoms with Gasteiger partial charge in [0.2, 0.25) is 0 Å². The second-order valence-electron chi connectivity index (χ2n) is 10.2. The molecule has 0 aromatic carbocycles. The van der Waals surface area contributed by atoms with Crippen LogP contribution in [0, 0.1) is 0 Å². The van der Waals surface area contributed by atoms with E-state index in [2.05, 4.69) is 13.8 Å². The Labute approximate surface area is 195 Å². The van der Waals surface area contributed by atoms with Crippen molar-refractivity contribution in [1.29, 1.82) is 0 Å². The Kier molecular flexibility index (Phi) is 22.9. The van der Waals surface area contributed by atoms with Crippen molar-refractivity contribution < 1.29 is 13.9 Å². The van der Waals surface area contributed by atoms with Crippen LogP contribution in [0.4, 0.5) is 0 Å². The van der Waals surface area contributed by atoms with E-state index in [0.29, 0.717) is 0 Å². The summed E-state index contributed by atoms with van der Waals surface area (Å²) in [5, 5.41) is 0. The first kappa shape index (κ1) is 30.9. The van der Waals surface area contributed by atoms with E-state index in [4.69, 9.17) is 4.74 Å². The molecule has 31 heavy (non-hydrogen) atoms. The molecule has 0 bridgehead atoms. The van der Waals surface area contributed by atoms with Crippen LogP contribution in [0.25, 0.3) is 0 Å². The molecule has 0 spiro atoms. The summed E-state index contributed by atoms with van der Waals surface area (Å²) in [6, 6.07) is 0. The lowest BCUT2D eigenvalue weighted by Crippen LogP contribution is -3.00. The Balaban J connectivity index is 0.00000900. The van der Waals surface area contributed by atoms with Gasteiger partial charge >= 0.3 is 0 Å². The van der Waals surface area contributed by atoms with Gasteiger partial charge in [-0.1, -0.05) is 117 Å². The summed E-state index contributed by atoms with van der Waals surface area (Å²) >= 11 is 0. The Morgan fingerprint density at radius 2 is 0.742 bits per heavy atom. The SMILES string of the molecule is CCCCCCCCCCCC[N+]1(CCCCCCCCCCCC)CCOCC1.[F-]. The van der Waals surface area contributed by atoms with Crippen LogP contribution in [0.3, 0.4) is 0 Å². The fraction of sp³-hybridized carbons (Fsp3) is 1.00. The first-order chi connectivity index (χ1) is 14.8. The maximum Gasteiger partial charge on any atom is 0.102 e. The molecular weight excluding hydrogens is 385 g/mol. The molecular formula is C28H58FNO. The van der Waals surface area contributed by atoms with Crippen molar-refractivity contribution in [2.45, 2.75) is 142 Å². The number of halogens is 1. The van der Waals surface area contributed by atoms with E-state index in [1.807, 2.05) is 0 Å². The van der Waals surface area contributed by atoms with E-state index in [1.165, 1.54) is 159 Å². The average molecular weight is 444 g/mol. The summed E-state index contributed by atoms with van der Waals surface area (Å²) in [4.78, 5) is 0. The zero-order chi connectivity index (χ0) is 21.6. The molecule has 3 heteroatoms. The molecule has 1 aliphatic heterocycles. The number of morpholine rings is 1. The normalized spacial score (nSPS) is 15.7. The molecule has 1 heterocycles. The molecule has 2 nitrogen and oxygen atoms in total. The lowest BCUT2D eigenvalue weighted by atomic mass is 10.0. The van der Waals surface area contributed by atoms with Crippen LogP contribution >= 0.6 is 0 Å². The van der Waals surface area contributed by atoms with Crippen molar-refractivity contribution in [3.63, 3.8) is 0 Å². The third kappa shape index (κ3) is 18.0. The highest BCUT2D eigenvalue weighted by Crippen LogP contribution is 2.18. The summed E-state index contributed by atoms with van der Waals surface area (Å²) in [5.74, 6) is 0. The molecule has 0 N–H and O–H groups in total. The number of nitrogens with zero attached hydrogens (tertiary/aromatic N) is 1. The highest BCUT2D eigenvalue weighted by atomic mass is 19.0. The van der Waals surface area contributed by atoms with Crippen molar-refractivity contribution in [2.75, 3.05) is 39.4 Å². The summed E-state index contributed by atoms with van der Waals surface area (Å²) in [6.45, 7) is 12.0. The minimum absolute atomic E-state index is 0. The molecule has 0 unspecified atom stereocenters. The maximum atomic E-state index is 5.71. The Bertz CT molecular complexity index is 318. The van der Waals surface area contributed by atoms with Gasteiger partial charge in [-0.15, -0.1) is 0 Å². The van der Waals surface area contributed by atoms with Crippen LogP contribution in [-0.4, -0.2) is 43.9 Å². The molecule has 1 saturated heterocycles. The van der Waals surface area contributed by atoms with Crippen LogP contribution in [0.15, 0.2) is 0 Å². The van der Waals surface area contributed by atoms with Gasteiger partial charge in [-0.2, -0.15) is 0 Å². The Morgan fingerprint density at radius 3 is 1.06 bits per heavy atom. The van der Waals surface area contributed by atoms with Gasteiger partial charge in [-0.3, -0.25) is 0 Å². The van der Waals surface area contributed by atoms with E-state index >= 15 is 0 Å². The third-order valence-electron chi connectivity index (χ3n) is 7.39. The highest BCUT2D eigenvalue weighted by molar-refractivity contribution is 4.55. The number of ether oxygens (including phenoxy) is 1. The van der Waals surface area contributed by atoms with Gasteiger partial charge in [0.1, 0.15) is 13.1 Å². The van der Waals surface area contributed by atoms with Crippen LogP contribution < -0.4 is 4.70 Å². The monoisotopic (exact) mass is 443 g/mol. The molecule has 1 fully saturated rings. The molecule has 0 aliphatic carbocycles. The number of rotatable bonds is 22. The Morgan fingerprint density at radius 1 is 0.452 bits per heavy atom. The topological polar surface area (TPSA) is 9.23 Å². The van der Waals surface area contributed by atoms with Gasteiger partial charge in [-0.05, 0) is 25.7 Å². The summed E-state index contributed by atoms with van der Waals surface area (Å²) in [5.41, 5.74) is 0. The second-order valence-corrected chi connectivity index (χ2v) is 10.2. The molecule has 0 saturated carbocycles. The van der Waals surface area contributed by atoms with E-state index in [-0.39, 0.29) is 4.70 Å². The van der Waals surface area contributed by atoms with E-state index in [1.54, 1.807) is 0 Å². The standard InChI is InChI=1S/C28H58NO.FH/c1-3-5-7-9-11-13-15-17-19-21-23-29(25-27-30-28-26-29)24-22-20-18-16-14-12-10-8-6-4-2;/h3-28H2,1-2H3;1H/q+1;/p-1. The predicted molar refractivity (Wildman–Crippen MR) is 134 cm³/mol. The largest absolute Gasteiger partial charge is 1.00 e. The first-order valence-corrected chi connectivity index (χ1v) is 14.3. The van der Waals surface area contributed by atoms with Crippen LogP contribution in [0.1, 0.15) is 142 Å². The fourth-order valence-electron chi connectivity index (χ4n) is 5.16. The van der Waals surface area contributed by atoms with Gasteiger partial charge in [0, 0.05) is 0 Å². The number of unbranched alkanes of at least 4 members (excludes halogenated alkanes) is 18. The van der Waals surface area contributed by atoms with Crippen molar-refractivity contribution >= 4 is 0 Å². The summed E-state index contributed by atoms with van der Waals surface area (Å²) in [7, 11) is 0. The lowest BCUT2D eigenvalue weighted by molar-refractivity contribution is -0.935. The molecule has 188 valence electrons. The summed E-state index contributed by atoms with van der Waals surface area (Å²) < 4.78 is 7.08. The molecule has 0 radical (unpaired) electrons. The predicted octanol–water partition coefficient (Wildman–Crippen LogP) is 5.68. The molecule has 0 aromatic rings. The number of hydrogen-bond acceptors (Lipinski definition) is 1. The second kappa shape index (κ2) is 23.0. The molecule has 0 amide bonds. The first-order valence-electron chi connectivity index (χ1n) is 14.3. The molecule has 1 rings (SSSR count). The lowest BCUT2D eigenvalue weighted by Gasteiger charge is -2.41. The van der Waals surface area contributed by atoms with Crippen LogP contribution in [0.5, 0.6) is 0 Å². The van der Waals surface area contributed by atoms with Gasteiger partial charge in [-0.25, -0.2) is 0 Å². The fourth-order valence-corrected chi connectivity index (χ4v) is 5.16. The maximum absolute atomic E-state index is 5.71. The molecule has 1 aliphatic rings. The number of hydrogen-bond donors (Lipinski definition) is 0. The van der Waals surface area contributed by atoms with E-state index in [9.17, 15) is 0 Å². The average Bonchev–Trinajstić information content (AvgIpc) is 2.77. The number of quaternary nitrogens is 1. The van der Waals surface area contributed by atoms with Crippen molar-refractivity contribution in [3.8, 4) is 0 Å². The highest BCUT2D eigenvalue weighted by Gasteiger charge is 2.29. The smallest absolute Gasteiger partial charge is 0.102 e. The van der Waals surface area contributed by atoms with E-state index in [0.717, 1.165) is 13.2 Å². The summed E-state index contributed by atoms with van der Waals surface area (Å²) in [6.07, 6.45) is 28.9. The van der Waals surface area contributed by atoms with Gasteiger partial charge < -0.3 is 13.9 Å². The van der Waals surface area contributed by atoms with Crippen LogP contribution in [0.2, 0.25) is 0 Å².